The Labute approximate surface area is 104 Å². The van der Waals surface area contributed by atoms with Crippen molar-refractivity contribution in [3.05, 3.63) is 47.8 Å². The van der Waals surface area contributed by atoms with E-state index in [0.717, 1.165) is 35.3 Å². The predicted molar refractivity (Wildman–Crippen MR) is 68.8 cm³/mol. The van der Waals surface area contributed by atoms with Gasteiger partial charge in [-0.1, -0.05) is 0 Å². The smallest absolute Gasteiger partial charge is 0.336 e. The highest BCUT2D eigenvalue weighted by molar-refractivity contribution is 5.94. The molecule has 0 fully saturated rings. The summed E-state index contributed by atoms with van der Waals surface area (Å²) in [4.78, 5) is 15.3. The maximum absolute atomic E-state index is 11.3. The molecule has 2 N–H and O–H groups in total. The molecule has 4 heteroatoms. The third-order valence-corrected chi connectivity index (χ3v) is 3.18. The van der Waals surface area contributed by atoms with E-state index in [1.54, 1.807) is 18.5 Å². The molecule has 1 aromatic carbocycles. The van der Waals surface area contributed by atoms with E-state index in [2.05, 4.69) is 10.3 Å². The second kappa shape index (κ2) is 4.14. The molecular weight excluding hydrogens is 228 g/mol. The van der Waals surface area contributed by atoms with E-state index in [1.165, 1.54) is 0 Å². The molecule has 0 spiro atoms. The molecule has 0 atom stereocenters. The lowest BCUT2D eigenvalue weighted by molar-refractivity contribution is 0.0696. The Morgan fingerprint density at radius 2 is 2.00 bits per heavy atom. The number of nitrogens with zero attached hydrogens (tertiary/aromatic N) is 1. The molecule has 0 radical (unpaired) electrons. The maximum Gasteiger partial charge on any atom is 0.336 e. The van der Waals surface area contributed by atoms with Crippen LogP contribution in [0.1, 0.15) is 15.9 Å². The molecule has 4 nitrogen and oxygen atoms in total. The first kappa shape index (κ1) is 10.8. The lowest BCUT2D eigenvalue weighted by Crippen LogP contribution is -2.01. The number of hydrogen-bond donors (Lipinski definition) is 2. The van der Waals surface area contributed by atoms with Crippen molar-refractivity contribution in [1.82, 2.24) is 4.98 Å². The zero-order valence-corrected chi connectivity index (χ0v) is 9.68. The summed E-state index contributed by atoms with van der Waals surface area (Å²) in [5, 5.41) is 12.5. The minimum atomic E-state index is -0.870. The van der Waals surface area contributed by atoms with Gasteiger partial charge in [0.2, 0.25) is 0 Å². The van der Waals surface area contributed by atoms with Crippen molar-refractivity contribution in [2.45, 2.75) is 6.42 Å². The van der Waals surface area contributed by atoms with Gasteiger partial charge < -0.3 is 10.4 Å². The molecule has 1 aliphatic heterocycles. The van der Waals surface area contributed by atoms with Gasteiger partial charge in [-0.3, -0.25) is 4.98 Å². The minimum absolute atomic E-state index is 0.393. The number of fused-ring (bicyclic) bond motifs is 1. The number of rotatable bonds is 2. The third kappa shape index (κ3) is 1.72. The first-order valence-corrected chi connectivity index (χ1v) is 5.80. The summed E-state index contributed by atoms with van der Waals surface area (Å²) in [6, 6.07) is 7.50. The number of aromatic carboxylic acids is 1. The van der Waals surface area contributed by atoms with Crippen molar-refractivity contribution in [1.29, 1.82) is 0 Å². The van der Waals surface area contributed by atoms with E-state index < -0.39 is 5.97 Å². The van der Waals surface area contributed by atoms with Crippen LogP contribution in [0.4, 0.5) is 5.69 Å². The zero-order chi connectivity index (χ0) is 12.5. The lowest BCUT2D eigenvalue weighted by Gasteiger charge is -2.08. The van der Waals surface area contributed by atoms with Gasteiger partial charge >= 0.3 is 5.97 Å². The molecule has 1 aromatic heterocycles. The van der Waals surface area contributed by atoms with Crippen LogP contribution in [0.2, 0.25) is 0 Å². The number of nitrogens with one attached hydrogen (secondary N) is 1. The van der Waals surface area contributed by atoms with E-state index in [1.807, 2.05) is 18.2 Å². The summed E-state index contributed by atoms with van der Waals surface area (Å²) in [5.74, 6) is -0.870. The fourth-order valence-corrected chi connectivity index (χ4v) is 2.32. The molecule has 18 heavy (non-hydrogen) atoms. The number of aromatic nitrogens is 1. The van der Waals surface area contributed by atoms with Gasteiger partial charge in [0.1, 0.15) is 0 Å². The Morgan fingerprint density at radius 1 is 1.22 bits per heavy atom. The first-order chi connectivity index (χ1) is 8.75. The summed E-state index contributed by atoms with van der Waals surface area (Å²) < 4.78 is 0. The van der Waals surface area contributed by atoms with Crippen LogP contribution in [0.3, 0.4) is 0 Å². The number of anilines is 1. The second-order valence-electron chi connectivity index (χ2n) is 4.27. The van der Waals surface area contributed by atoms with E-state index in [0.29, 0.717) is 5.56 Å². The molecule has 2 heterocycles. The molecule has 0 saturated carbocycles. The van der Waals surface area contributed by atoms with Crippen molar-refractivity contribution in [2.24, 2.45) is 0 Å². The van der Waals surface area contributed by atoms with Gasteiger partial charge in [-0.05, 0) is 47.4 Å². The van der Waals surface area contributed by atoms with Crippen LogP contribution < -0.4 is 5.32 Å². The lowest BCUT2D eigenvalue weighted by atomic mass is 9.98. The summed E-state index contributed by atoms with van der Waals surface area (Å²) in [6.45, 7) is 0.801. The quantitative estimate of drug-likeness (QED) is 0.846. The second-order valence-corrected chi connectivity index (χ2v) is 4.27. The summed E-state index contributed by atoms with van der Waals surface area (Å²) in [7, 11) is 0. The van der Waals surface area contributed by atoms with Crippen LogP contribution >= 0.6 is 0 Å². The average Bonchev–Trinajstić information content (AvgIpc) is 2.86. The molecule has 90 valence electrons. The number of carboxylic acid groups (broad SMARTS) is 1. The Bertz CT molecular complexity index is 609. The van der Waals surface area contributed by atoms with Crippen LogP contribution in [0.5, 0.6) is 0 Å². The number of carboxylic acids is 1. The molecule has 2 aromatic rings. The monoisotopic (exact) mass is 240 g/mol. The van der Waals surface area contributed by atoms with Gasteiger partial charge in [-0.15, -0.1) is 0 Å². The fourth-order valence-electron chi connectivity index (χ4n) is 2.32. The van der Waals surface area contributed by atoms with Crippen LogP contribution in [0.25, 0.3) is 11.1 Å². The Hall–Kier alpha value is -2.36. The fraction of sp³-hybridized carbons (Fsp3) is 0.143. The van der Waals surface area contributed by atoms with Gasteiger partial charge in [0.05, 0.1) is 5.56 Å². The summed E-state index contributed by atoms with van der Waals surface area (Å²) >= 11 is 0. The highest BCUT2D eigenvalue weighted by Crippen LogP contribution is 2.32. The first-order valence-electron chi connectivity index (χ1n) is 5.80. The van der Waals surface area contributed by atoms with Crippen molar-refractivity contribution < 1.29 is 9.90 Å². The molecular formula is C14H12N2O2. The van der Waals surface area contributed by atoms with E-state index in [9.17, 15) is 9.90 Å². The molecule has 1 aliphatic rings. The molecule has 0 aliphatic carbocycles. The molecule has 0 amide bonds. The number of pyridine rings is 1. The maximum atomic E-state index is 11.3. The minimum Gasteiger partial charge on any atom is -0.478 e. The van der Waals surface area contributed by atoms with Crippen LogP contribution in [-0.4, -0.2) is 22.6 Å². The summed E-state index contributed by atoms with van der Waals surface area (Å²) in [5.41, 5.74) is 4.11. The van der Waals surface area contributed by atoms with E-state index in [4.69, 9.17) is 0 Å². The van der Waals surface area contributed by atoms with E-state index in [-0.39, 0.29) is 0 Å². The van der Waals surface area contributed by atoms with Crippen LogP contribution in [0.15, 0.2) is 36.7 Å². The van der Waals surface area contributed by atoms with Gasteiger partial charge in [0.25, 0.3) is 0 Å². The number of hydrogen-bond acceptors (Lipinski definition) is 3. The standard InChI is InChI=1S/C14H12N2O2/c17-14(18)12-7-10(9-1-4-15-5-2-9)8-13-11(12)3-6-16-13/h1-2,4-5,7-8,16H,3,6H2,(H,17,18). The average molecular weight is 240 g/mol. The van der Waals surface area contributed by atoms with Gasteiger partial charge in [0, 0.05) is 24.6 Å². The van der Waals surface area contributed by atoms with E-state index >= 15 is 0 Å². The normalized spacial score (nSPS) is 12.9. The molecule has 3 rings (SSSR count). The van der Waals surface area contributed by atoms with Crippen molar-refractivity contribution in [3.63, 3.8) is 0 Å². The third-order valence-electron chi connectivity index (χ3n) is 3.18. The van der Waals surface area contributed by atoms with Crippen molar-refractivity contribution >= 4 is 11.7 Å². The zero-order valence-electron chi connectivity index (χ0n) is 9.68. The molecule has 0 bridgehead atoms. The van der Waals surface area contributed by atoms with Gasteiger partial charge in [-0.25, -0.2) is 4.79 Å². The number of benzene rings is 1. The Kier molecular flexibility index (Phi) is 2.48. The highest BCUT2D eigenvalue weighted by atomic mass is 16.4. The predicted octanol–water partition coefficient (Wildman–Crippen LogP) is 2.41. The van der Waals surface area contributed by atoms with Crippen LogP contribution in [-0.2, 0) is 6.42 Å². The Balaban J connectivity index is 2.18. The topological polar surface area (TPSA) is 62.2 Å². The van der Waals surface area contributed by atoms with Gasteiger partial charge in [0.15, 0.2) is 0 Å². The SMILES string of the molecule is O=C(O)c1cc(-c2ccncc2)cc2c1CCN2. The Morgan fingerprint density at radius 3 is 2.72 bits per heavy atom. The molecule has 0 saturated heterocycles. The summed E-state index contributed by atoms with van der Waals surface area (Å²) in [6.07, 6.45) is 4.18. The number of carbonyl (C=O) groups is 1. The largest absolute Gasteiger partial charge is 0.478 e. The van der Waals surface area contributed by atoms with Gasteiger partial charge in [-0.2, -0.15) is 0 Å². The molecule has 0 unspecified atom stereocenters. The van der Waals surface area contributed by atoms with Crippen molar-refractivity contribution in [3.8, 4) is 11.1 Å². The van der Waals surface area contributed by atoms with Crippen LogP contribution in [0, 0.1) is 0 Å². The highest BCUT2D eigenvalue weighted by Gasteiger charge is 2.20. The van der Waals surface area contributed by atoms with Crippen molar-refractivity contribution in [2.75, 3.05) is 11.9 Å².